The average Bonchev–Trinajstić information content (AvgIpc) is 2.03. The molecule has 74 valence electrons. The van der Waals surface area contributed by atoms with E-state index < -0.39 is 10.1 Å². The molecule has 0 radical (unpaired) electrons. The summed E-state index contributed by atoms with van der Waals surface area (Å²) >= 11 is 0. The second-order valence-corrected chi connectivity index (χ2v) is 4.23. The predicted octanol–water partition coefficient (Wildman–Crippen LogP) is -1.88. The van der Waals surface area contributed by atoms with Crippen LogP contribution in [0.4, 0.5) is 5.69 Å². The van der Waals surface area contributed by atoms with E-state index in [1.165, 1.54) is 6.07 Å². The van der Waals surface area contributed by atoms with Gasteiger partial charge in [-0.1, -0.05) is 12.1 Å². The molecule has 1 rings (SSSR count). The SMILES string of the molecule is CN(C)c1ccccc1S(=O)(=O)O.[H-].[Na+]. The van der Waals surface area contributed by atoms with Crippen molar-refractivity contribution in [1.82, 2.24) is 0 Å². The van der Waals surface area contributed by atoms with E-state index in [1.54, 1.807) is 37.2 Å². The molecule has 1 aromatic carbocycles. The van der Waals surface area contributed by atoms with Gasteiger partial charge >= 0.3 is 29.6 Å². The zero-order chi connectivity index (χ0) is 10.1. The molecule has 0 bridgehead atoms. The molecule has 0 unspecified atom stereocenters. The van der Waals surface area contributed by atoms with Gasteiger partial charge in [0, 0.05) is 14.1 Å². The van der Waals surface area contributed by atoms with E-state index in [0.29, 0.717) is 5.69 Å². The van der Waals surface area contributed by atoms with Gasteiger partial charge < -0.3 is 6.33 Å². The average molecular weight is 225 g/mol. The van der Waals surface area contributed by atoms with Gasteiger partial charge in [-0.05, 0) is 12.1 Å². The third kappa shape index (κ3) is 3.25. The summed E-state index contributed by atoms with van der Waals surface area (Å²) in [5.41, 5.74) is 0.477. The Hall–Kier alpha value is -0.0700. The molecule has 14 heavy (non-hydrogen) atoms. The molecule has 1 N–H and O–H groups in total. The smallest absolute Gasteiger partial charge is 1.00 e. The number of rotatable bonds is 2. The van der Waals surface area contributed by atoms with Crippen LogP contribution in [-0.4, -0.2) is 27.1 Å². The molecule has 0 saturated heterocycles. The monoisotopic (exact) mass is 225 g/mol. The first kappa shape index (κ1) is 13.9. The molecule has 6 heteroatoms. The molecule has 0 aliphatic carbocycles. The fourth-order valence-electron chi connectivity index (χ4n) is 1.04. The van der Waals surface area contributed by atoms with Gasteiger partial charge in [0.05, 0.1) is 5.69 Å². The minimum absolute atomic E-state index is 0. The van der Waals surface area contributed by atoms with Crippen LogP contribution < -0.4 is 34.5 Å². The van der Waals surface area contributed by atoms with E-state index in [2.05, 4.69) is 0 Å². The Labute approximate surface area is 107 Å². The molecule has 0 atom stereocenters. The molecular formula is C8H12NNaO3S. The van der Waals surface area contributed by atoms with Crippen molar-refractivity contribution < 1.29 is 44.0 Å². The van der Waals surface area contributed by atoms with E-state index in [9.17, 15) is 8.42 Å². The summed E-state index contributed by atoms with van der Waals surface area (Å²) in [6.45, 7) is 0. The summed E-state index contributed by atoms with van der Waals surface area (Å²) in [5, 5.41) is 0. The minimum atomic E-state index is -4.12. The van der Waals surface area contributed by atoms with Gasteiger partial charge in [0.1, 0.15) is 4.90 Å². The van der Waals surface area contributed by atoms with E-state index in [4.69, 9.17) is 4.55 Å². The number of hydrogen-bond donors (Lipinski definition) is 1. The van der Waals surface area contributed by atoms with Crippen molar-refractivity contribution in [3.63, 3.8) is 0 Å². The van der Waals surface area contributed by atoms with Crippen LogP contribution in [0.1, 0.15) is 1.43 Å². The summed E-state index contributed by atoms with van der Waals surface area (Å²) in [4.78, 5) is 1.56. The van der Waals surface area contributed by atoms with Crippen molar-refractivity contribution in [2.24, 2.45) is 0 Å². The van der Waals surface area contributed by atoms with Crippen LogP contribution in [-0.2, 0) is 10.1 Å². The molecule has 0 spiro atoms. The number of hydrogen-bond acceptors (Lipinski definition) is 3. The van der Waals surface area contributed by atoms with Crippen molar-refractivity contribution in [2.45, 2.75) is 4.90 Å². The van der Waals surface area contributed by atoms with Gasteiger partial charge in [-0.15, -0.1) is 0 Å². The Balaban J connectivity index is 0. The van der Waals surface area contributed by atoms with Crippen LogP contribution in [0.5, 0.6) is 0 Å². The summed E-state index contributed by atoms with van der Waals surface area (Å²) < 4.78 is 30.6. The van der Waals surface area contributed by atoms with Gasteiger partial charge in [-0.25, -0.2) is 0 Å². The Kier molecular flexibility index (Phi) is 5.11. The number of para-hydroxylation sites is 1. The Morgan fingerprint density at radius 3 is 2.14 bits per heavy atom. The van der Waals surface area contributed by atoms with Crippen LogP contribution in [0.25, 0.3) is 0 Å². The summed E-state index contributed by atoms with van der Waals surface area (Å²) in [6.07, 6.45) is 0. The van der Waals surface area contributed by atoms with Crippen molar-refractivity contribution in [3.8, 4) is 0 Å². The molecule has 0 heterocycles. The molecular weight excluding hydrogens is 213 g/mol. The quantitative estimate of drug-likeness (QED) is 0.472. The Morgan fingerprint density at radius 1 is 1.29 bits per heavy atom. The van der Waals surface area contributed by atoms with Gasteiger partial charge in [0.2, 0.25) is 0 Å². The first-order valence-electron chi connectivity index (χ1n) is 3.67. The maximum atomic E-state index is 10.9. The fraction of sp³-hybridized carbons (Fsp3) is 0.250. The number of nitrogens with zero attached hydrogens (tertiary/aromatic N) is 1. The zero-order valence-corrected chi connectivity index (χ0v) is 11.2. The second-order valence-electron chi connectivity index (χ2n) is 2.84. The molecule has 0 aliphatic rings. The minimum Gasteiger partial charge on any atom is -1.00 e. The van der Waals surface area contributed by atoms with Crippen LogP contribution in [0.15, 0.2) is 29.2 Å². The molecule has 0 saturated carbocycles. The largest absolute Gasteiger partial charge is 1.00 e. The van der Waals surface area contributed by atoms with Crippen LogP contribution >= 0.6 is 0 Å². The first-order valence-corrected chi connectivity index (χ1v) is 5.11. The predicted molar refractivity (Wildman–Crippen MR) is 51.7 cm³/mol. The van der Waals surface area contributed by atoms with Crippen LogP contribution in [0, 0.1) is 0 Å². The fourth-order valence-corrected chi connectivity index (χ4v) is 1.81. The Morgan fingerprint density at radius 2 is 1.79 bits per heavy atom. The van der Waals surface area contributed by atoms with E-state index in [0.717, 1.165) is 0 Å². The molecule has 0 aromatic heterocycles. The first-order chi connectivity index (χ1) is 5.93. The summed E-state index contributed by atoms with van der Waals surface area (Å²) in [5.74, 6) is 0. The van der Waals surface area contributed by atoms with Crippen molar-refractivity contribution in [2.75, 3.05) is 19.0 Å². The molecule has 1 aromatic rings. The van der Waals surface area contributed by atoms with Crippen molar-refractivity contribution in [3.05, 3.63) is 24.3 Å². The maximum absolute atomic E-state index is 10.9. The third-order valence-electron chi connectivity index (χ3n) is 1.62. The van der Waals surface area contributed by atoms with Crippen molar-refractivity contribution in [1.29, 1.82) is 0 Å². The molecule has 4 nitrogen and oxygen atoms in total. The topological polar surface area (TPSA) is 57.6 Å². The van der Waals surface area contributed by atoms with E-state index in [-0.39, 0.29) is 35.9 Å². The molecule has 0 amide bonds. The van der Waals surface area contributed by atoms with Gasteiger partial charge in [0.25, 0.3) is 10.1 Å². The molecule has 0 fully saturated rings. The van der Waals surface area contributed by atoms with E-state index in [1.807, 2.05) is 0 Å². The van der Waals surface area contributed by atoms with Crippen molar-refractivity contribution >= 4 is 15.8 Å². The number of benzene rings is 1. The summed E-state index contributed by atoms with van der Waals surface area (Å²) in [6, 6.07) is 6.27. The normalized spacial score (nSPS) is 10.5. The standard InChI is InChI=1S/C8H11NO3S.Na.H/c1-9(2)7-5-3-4-6-8(7)13(10,11)12;;/h3-6H,1-2H3,(H,10,11,12);;/q;+1;-1. The Bertz CT molecular complexity index is 408. The van der Waals surface area contributed by atoms with Crippen LogP contribution in [0.3, 0.4) is 0 Å². The second kappa shape index (κ2) is 5.14. The maximum Gasteiger partial charge on any atom is 1.00 e. The van der Waals surface area contributed by atoms with Crippen LogP contribution in [0.2, 0.25) is 0 Å². The van der Waals surface area contributed by atoms with E-state index >= 15 is 0 Å². The third-order valence-corrected chi connectivity index (χ3v) is 2.53. The zero-order valence-electron chi connectivity index (χ0n) is 9.43. The molecule has 0 aliphatic heterocycles. The van der Waals surface area contributed by atoms with Gasteiger partial charge in [-0.2, -0.15) is 8.42 Å². The summed E-state index contributed by atoms with van der Waals surface area (Å²) in [7, 11) is -0.696. The number of anilines is 1. The van der Waals surface area contributed by atoms with Gasteiger partial charge in [0.15, 0.2) is 0 Å². The van der Waals surface area contributed by atoms with Gasteiger partial charge in [-0.3, -0.25) is 4.55 Å².